The molecule has 1 N–H and O–H groups in total. The molecule has 0 saturated carbocycles. The fraction of sp³-hybridized carbons (Fsp3) is 0.538. The quantitative estimate of drug-likeness (QED) is 0.724. The zero-order chi connectivity index (χ0) is 11.1. The van der Waals surface area contributed by atoms with Crippen molar-refractivity contribution in [3.05, 3.63) is 35.4 Å². The first-order valence-electron chi connectivity index (χ1n) is 5.50. The molecule has 0 aliphatic heterocycles. The Bertz CT molecular complexity index is 268. The van der Waals surface area contributed by atoms with Gasteiger partial charge in [-0.2, -0.15) is 0 Å². The molecule has 0 amide bonds. The van der Waals surface area contributed by atoms with Crippen LogP contribution in [0.4, 0.5) is 0 Å². The van der Waals surface area contributed by atoms with Gasteiger partial charge in [-0.05, 0) is 32.4 Å². The molecular weight excluding hydrogens is 186 g/mol. The number of hydrogen-bond acceptors (Lipinski definition) is 2. The lowest BCUT2D eigenvalue weighted by Gasteiger charge is -2.16. The lowest BCUT2D eigenvalue weighted by Crippen LogP contribution is -2.16. The van der Waals surface area contributed by atoms with Crippen molar-refractivity contribution < 1.29 is 4.74 Å². The Hall–Kier alpha value is -0.860. The largest absolute Gasteiger partial charge is 0.385 e. The van der Waals surface area contributed by atoms with E-state index in [4.69, 9.17) is 4.74 Å². The fourth-order valence-corrected chi connectivity index (χ4v) is 1.71. The molecule has 0 aliphatic carbocycles. The van der Waals surface area contributed by atoms with Crippen LogP contribution in [0.25, 0.3) is 0 Å². The van der Waals surface area contributed by atoms with Gasteiger partial charge >= 0.3 is 0 Å². The molecule has 0 aliphatic rings. The summed E-state index contributed by atoms with van der Waals surface area (Å²) in [7, 11) is 3.76. The van der Waals surface area contributed by atoms with Crippen molar-refractivity contribution in [3.8, 4) is 0 Å². The van der Waals surface area contributed by atoms with Crippen molar-refractivity contribution in [3.63, 3.8) is 0 Å². The van der Waals surface area contributed by atoms with Crippen molar-refractivity contribution >= 4 is 0 Å². The lowest BCUT2D eigenvalue weighted by atomic mass is 10.0. The summed E-state index contributed by atoms with van der Waals surface area (Å²) < 4.78 is 5.06. The number of hydrogen-bond donors (Lipinski definition) is 1. The smallest absolute Gasteiger partial charge is 0.0462 e. The summed E-state index contributed by atoms with van der Waals surface area (Å²) in [6, 6.07) is 9.17. The molecule has 0 radical (unpaired) electrons. The first-order chi connectivity index (χ1) is 7.27. The predicted molar refractivity (Wildman–Crippen MR) is 64.1 cm³/mol. The summed E-state index contributed by atoms with van der Waals surface area (Å²) in [6.07, 6.45) is 2.21. The fourth-order valence-electron chi connectivity index (χ4n) is 1.71. The van der Waals surface area contributed by atoms with Gasteiger partial charge in [-0.3, -0.25) is 0 Å². The maximum atomic E-state index is 5.06. The number of aryl methyl sites for hydroxylation is 1. The molecule has 84 valence electrons. The first-order valence-corrected chi connectivity index (χ1v) is 5.50. The van der Waals surface area contributed by atoms with E-state index in [-0.39, 0.29) is 0 Å². The third kappa shape index (κ3) is 4.02. The molecule has 0 spiro atoms. The maximum Gasteiger partial charge on any atom is 0.0462 e. The van der Waals surface area contributed by atoms with Crippen molar-refractivity contribution in [2.24, 2.45) is 0 Å². The van der Waals surface area contributed by atoms with Crippen LogP contribution >= 0.6 is 0 Å². The molecule has 0 bridgehead atoms. The molecule has 1 aromatic carbocycles. The Kier molecular flexibility index (Phi) is 5.37. The highest BCUT2D eigenvalue weighted by Gasteiger charge is 2.07. The average molecular weight is 207 g/mol. The van der Waals surface area contributed by atoms with Crippen LogP contribution in [0.15, 0.2) is 24.3 Å². The topological polar surface area (TPSA) is 21.3 Å². The lowest BCUT2D eigenvalue weighted by molar-refractivity contribution is 0.189. The van der Waals surface area contributed by atoms with Gasteiger partial charge < -0.3 is 10.1 Å². The van der Waals surface area contributed by atoms with Crippen molar-refractivity contribution in [1.29, 1.82) is 0 Å². The Labute approximate surface area is 92.6 Å². The van der Waals surface area contributed by atoms with E-state index in [1.807, 2.05) is 7.05 Å². The molecule has 2 heteroatoms. The summed E-state index contributed by atoms with van der Waals surface area (Å²) in [4.78, 5) is 0. The molecule has 0 saturated heterocycles. The minimum absolute atomic E-state index is 0.445. The number of methoxy groups -OCH3 is 1. The van der Waals surface area contributed by atoms with Gasteiger partial charge in [0.2, 0.25) is 0 Å². The van der Waals surface area contributed by atoms with Gasteiger partial charge in [-0.15, -0.1) is 0 Å². The van der Waals surface area contributed by atoms with Crippen LogP contribution in [0.1, 0.15) is 30.0 Å². The molecule has 1 aromatic rings. The van der Waals surface area contributed by atoms with Gasteiger partial charge in [0.05, 0.1) is 0 Å². The third-order valence-electron chi connectivity index (χ3n) is 2.67. The highest BCUT2D eigenvalue weighted by atomic mass is 16.5. The van der Waals surface area contributed by atoms with Crippen LogP contribution < -0.4 is 5.32 Å². The van der Waals surface area contributed by atoms with Gasteiger partial charge in [0.1, 0.15) is 0 Å². The molecule has 1 unspecified atom stereocenters. The zero-order valence-corrected chi connectivity index (χ0v) is 9.92. The van der Waals surface area contributed by atoms with Gasteiger partial charge in [-0.1, -0.05) is 29.8 Å². The highest BCUT2D eigenvalue weighted by molar-refractivity contribution is 5.23. The molecule has 0 aromatic heterocycles. The summed E-state index contributed by atoms with van der Waals surface area (Å²) in [5.41, 5.74) is 2.67. The van der Waals surface area contributed by atoms with E-state index in [2.05, 4.69) is 36.5 Å². The van der Waals surface area contributed by atoms with E-state index in [9.17, 15) is 0 Å². The normalized spacial score (nSPS) is 12.7. The van der Waals surface area contributed by atoms with Crippen LogP contribution in [-0.2, 0) is 4.74 Å². The summed E-state index contributed by atoms with van der Waals surface area (Å²) in [5, 5.41) is 3.34. The van der Waals surface area contributed by atoms with E-state index in [1.54, 1.807) is 7.11 Å². The second kappa shape index (κ2) is 6.59. The standard InChI is InChI=1S/C13H21NO/c1-11-6-8-12(9-7-11)13(14-2)5-4-10-15-3/h6-9,13-14H,4-5,10H2,1-3H3. The van der Waals surface area contributed by atoms with Crippen LogP contribution in [-0.4, -0.2) is 20.8 Å². The second-order valence-electron chi connectivity index (χ2n) is 3.89. The molecule has 0 heterocycles. The number of benzene rings is 1. The van der Waals surface area contributed by atoms with Gasteiger partial charge in [0.25, 0.3) is 0 Å². The summed E-state index contributed by atoms with van der Waals surface area (Å²) in [6.45, 7) is 2.95. The first kappa shape index (κ1) is 12.2. The third-order valence-corrected chi connectivity index (χ3v) is 2.67. The van der Waals surface area contributed by atoms with Crippen LogP contribution in [0.5, 0.6) is 0 Å². The second-order valence-corrected chi connectivity index (χ2v) is 3.89. The molecular formula is C13H21NO. The van der Waals surface area contributed by atoms with Gasteiger partial charge in [0, 0.05) is 19.8 Å². The van der Waals surface area contributed by atoms with Crippen molar-refractivity contribution in [2.45, 2.75) is 25.8 Å². The Balaban J connectivity index is 2.53. The van der Waals surface area contributed by atoms with E-state index < -0.39 is 0 Å². The molecule has 0 fully saturated rings. The van der Waals surface area contributed by atoms with Crippen LogP contribution in [0, 0.1) is 6.92 Å². The Morgan fingerprint density at radius 1 is 1.27 bits per heavy atom. The van der Waals surface area contributed by atoms with Crippen molar-refractivity contribution in [1.82, 2.24) is 5.32 Å². The van der Waals surface area contributed by atoms with Gasteiger partial charge in [0.15, 0.2) is 0 Å². The predicted octanol–water partition coefficient (Wildman–Crippen LogP) is 2.68. The van der Waals surface area contributed by atoms with Crippen molar-refractivity contribution in [2.75, 3.05) is 20.8 Å². The summed E-state index contributed by atoms with van der Waals surface area (Å²) in [5.74, 6) is 0. The Morgan fingerprint density at radius 3 is 2.47 bits per heavy atom. The van der Waals surface area contributed by atoms with Gasteiger partial charge in [-0.25, -0.2) is 0 Å². The SMILES string of the molecule is CNC(CCCOC)c1ccc(C)cc1. The molecule has 2 nitrogen and oxygen atoms in total. The van der Waals surface area contributed by atoms with E-state index in [1.165, 1.54) is 11.1 Å². The Morgan fingerprint density at radius 2 is 1.93 bits per heavy atom. The average Bonchev–Trinajstić information content (AvgIpc) is 2.26. The van der Waals surface area contributed by atoms with E-state index in [0.29, 0.717) is 6.04 Å². The maximum absolute atomic E-state index is 5.06. The molecule has 15 heavy (non-hydrogen) atoms. The highest BCUT2D eigenvalue weighted by Crippen LogP contribution is 2.18. The number of rotatable bonds is 6. The zero-order valence-electron chi connectivity index (χ0n) is 9.92. The van der Waals surface area contributed by atoms with Crippen LogP contribution in [0.3, 0.4) is 0 Å². The molecule has 1 atom stereocenters. The molecule has 1 rings (SSSR count). The van der Waals surface area contributed by atoms with Crippen LogP contribution in [0.2, 0.25) is 0 Å². The minimum Gasteiger partial charge on any atom is -0.385 e. The van der Waals surface area contributed by atoms with E-state index >= 15 is 0 Å². The van der Waals surface area contributed by atoms with E-state index in [0.717, 1.165) is 19.4 Å². The number of ether oxygens (including phenoxy) is 1. The number of nitrogens with one attached hydrogen (secondary N) is 1. The summed E-state index contributed by atoms with van der Waals surface area (Å²) >= 11 is 0. The monoisotopic (exact) mass is 207 g/mol. The minimum atomic E-state index is 0.445.